The number of hydrogen-bond donors (Lipinski definition) is 1. The second-order valence-corrected chi connectivity index (χ2v) is 8.24. The van der Waals surface area contributed by atoms with Gasteiger partial charge >= 0.3 is 0 Å². The molecule has 1 N–H and O–H groups in total. The molecule has 3 aromatic rings. The van der Waals surface area contributed by atoms with Crippen LogP contribution in [0.15, 0.2) is 47.6 Å². The van der Waals surface area contributed by atoms with Gasteiger partial charge in [-0.25, -0.2) is 0 Å². The first-order chi connectivity index (χ1) is 14.4. The number of ether oxygens (including phenoxy) is 1. The van der Waals surface area contributed by atoms with Gasteiger partial charge in [-0.3, -0.25) is 4.79 Å². The minimum Gasteiger partial charge on any atom is -0.483 e. The van der Waals surface area contributed by atoms with Crippen molar-refractivity contribution in [2.24, 2.45) is 0 Å². The van der Waals surface area contributed by atoms with Gasteiger partial charge in [0.1, 0.15) is 5.75 Å². The molecule has 0 saturated heterocycles. The van der Waals surface area contributed by atoms with Gasteiger partial charge in [0.2, 0.25) is 5.91 Å². The number of carbonyl (C=O) groups excluding carboxylic acids is 1. The van der Waals surface area contributed by atoms with Crippen LogP contribution in [0, 0.1) is 20.8 Å². The van der Waals surface area contributed by atoms with E-state index in [0.717, 1.165) is 22.8 Å². The Morgan fingerprint density at radius 3 is 2.50 bits per heavy atom. The summed E-state index contributed by atoms with van der Waals surface area (Å²) in [4.78, 5) is 12.3. The summed E-state index contributed by atoms with van der Waals surface area (Å²) in [6.07, 6.45) is -0.254. The number of aryl methyl sites for hydroxylation is 3. The SMILES string of the molecule is CCn1c(SCC(=O)Nc2ccc(C)cc2)nnc1C(C)Oc1ccc(C)c(C)c1. The van der Waals surface area contributed by atoms with Crippen LogP contribution in [0.5, 0.6) is 5.75 Å². The number of benzene rings is 2. The third-order valence-corrected chi connectivity index (χ3v) is 5.85. The molecule has 1 amide bonds. The van der Waals surface area contributed by atoms with Crippen molar-refractivity contribution in [2.75, 3.05) is 11.1 Å². The van der Waals surface area contributed by atoms with Crippen molar-refractivity contribution in [1.29, 1.82) is 0 Å². The first-order valence-corrected chi connectivity index (χ1v) is 11.0. The largest absolute Gasteiger partial charge is 0.483 e. The van der Waals surface area contributed by atoms with E-state index < -0.39 is 0 Å². The van der Waals surface area contributed by atoms with E-state index in [-0.39, 0.29) is 17.8 Å². The standard InChI is InChI=1S/C23H28N4O2S/c1-6-27-22(18(5)29-20-12-9-16(3)17(4)13-20)25-26-23(27)30-14-21(28)24-19-10-7-15(2)8-11-19/h7-13,18H,6,14H2,1-5H3,(H,24,28). The van der Waals surface area contributed by atoms with Crippen molar-refractivity contribution in [3.05, 3.63) is 65.0 Å². The first kappa shape index (κ1) is 21.9. The van der Waals surface area contributed by atoms with E-state index in [0.29, 0.717) is 11.7 Å². The number of anilines is 1. The lowest BCUT2D eigenvalue weighted by Gasteiger charge is -2.16. The van der Waals surface area contributed by atoms with E-state index in [1.807, 2.05) is 61.7 Å². The third-order valence-electron chi connectivity index (χ3n) is 4.88. The van der Waals surface area contributed by atoms with Crippen molar-refractivity contribution in [3.63, 3.8) is 0 Å². The number of thioether (sulfide) groups is 1. The molecule has 0 radical (unpaired) electrons. The number of nitrogens with zero attached hydrogens (tertiary/aromatic N) is 3. The van der Waals surface area contributed by atoms with Gasteiger partial charge in [-0.1, -0.05) is 35.5 Å². The van der Waals surface area contributed by atoms with Crippen molar-refractivity contribution >= 4 is 23.4 Å². The fraction of sp³-hybridized carbons (Fsp3) is 0.348. The lowest BCUT2D eigenvalue weighted by molar-refractivity contribution is -0.113. The fourth-order valence-corrected chi connectivity index (χ4v) is 3.82. The maximum Gasteiger partial charge on any atom is 0.234 e. The van der Waals surface area contributed by atoms with Gasteiger partial charge in [-0.05, 0) is 70.0 Å². The molecule has 0 fully saturated rings. The minimum absolute atomic E-state index is 0.0736. The minimum atomic E-state index is -0.254. The molecule has 158 valence electrons. The molecule has 2 aromatic carbocycles. The predicted molar refractivity (Wildman–Crippen MR) is 121 cm³/mol. The molecule has 3 rings (SSSR count). The zero-order valence-corrected chi connectivity index (χ0v) is 18.9. The highest BCUT2D eigenvalue weighted by Crippen LogP contribution is 2.26. The first-order valence-electron chi connectivity index (χ1n) is 10.0. The average molecular weight is 425 g/mol. The molecule has 0 bridgehead atoms. The molecule has 0 aliphatic rings. The summed E-state index contributed by atoms with van der Waals surface area (Å²) in [5.74, 6) is 1.74. The molecule has 1 aromatic heterocycles. The maximum atomic E-state index is 12.3. The number of aromatic nitrogens is 3. The second-order valence-electron chi connectivity index (χ2n) is 7.29. The number of rotatable bonds is 8. The lowest BCUT2D eigenvalue weighted by Crippen LogP contribution is -2.15. The van der Waals surface area contributed by atoms with Gasteiger partial charge < -0.3 is 14.6 Å². The second kappa shape index (κ2) is 9.80. The summed E-state index contributed by atoms with van der Waals surface area (Å²) < 4.78 is 8.09. The topological polar surface area (TPSA) is 69.0 Å². The summed E-state index contributed by atoms with van der Waals surface area (Å²) in [5.41, 5.74) is 4.36. The Morgan fingerprint density at radius 1 is 1.10 bits per heavy atom. The van der Waals surface area contributed by atoms with Crippen molar-refractivity contribution in [1.82, 2.24) is 14.8 Å². The van der Waals surface area contributed by atoms with E-state index in [9.17, 15) is 4.79 Å². The van der Waals surface area contributed by atoms with E-state index in [1.165, 1.54) is 22.9 Å². The number of amides is 1. The third kappa shape index (κ3) is 5.42. The highest BCUT2D eigenvalue weighted by molar-refractivity contribution is 7.99. The summed E-state index contributed by atoms with van der Waals surface area (Å²) in [7, 11) is 0. The average Bonchev–Trinajstić information content (AvgIpc) is 3.14. The molecular formula is C23H28N4O2S. The molecule has 6 nitrogen and oxygen atoms in total. The summed E-state index contributed by atoms with van der Waals surface area (Å²) in [6.45, 7) is 10.9. The van der Waals surface area contributed by atoms with Gasteiger partial charge in [0.15, 0.2) is 17.1 Å². The Balaban J connectivity index is 1.63. The van der Waals surface area contributed by atoms with Crippen molar-refractivity contribution < 1.29 is 9.53 Å². The molecule has 0 aliphatic heterocycles. The van der Waals surface area contributed by atoms with Crippen LogP contribution >= 0.6 is 11.8 Å². The van der Waals surface area contributed by atoms with Gasteiger partial charge in [0.05, 0.1) is 5.75 Å². The Labute approximate surface area is 182 Å². The molecule has 30 heavy (non-hydrogen) atoms. The zero-order chi connectivity index (χ0) is 21.7. The Morgan fingerprint density at radius 2 is 1.83 bits per heavy atom. The van der Waals surface area contributed by atoms with Crippen LogP contribution in [0.4, 0.5) is 5.69 Å². The van der Waals surface area contributed by atoms with Crippen LogP contribution in [0.3, 0.4) is 0 Å². The van der Waals surface area contributed by atoms with E-state index >= 15 is 0 Å². The predicted octanol–water partition coefficient (Wildman–Crippen LogP) is 5.09. The van der Waals surface area contributed by atoms with Crippen molar-refractivity contribution in [3.8, 4) is 5.75 Å². The van der Waals surface area contributed by atoms with Crippen LogP contribution in [-0.4, -0.2) is 26.4 Å². The zero-order valence-electron chi connectivity index (χ0n) is 18.1. The molecule has 7 heteroatoms. The quantitative estimate of drug-likeness (QED) is 0.510. The monoisotopic (exact) mass is 424 g/mol. The summed E-state index contributed by atoms with van der Waals surface area (Å²) >= 11 is 1.37. The maximum absolute atomic E-state index is 12.3. The molecule has 1 heterocycles. The number of carbonyl (C=O) groups is 1. The number of nitrogens with one attached hydrogen (secondary N) is 1. The molecule has 1 unspecified atom stereocenters. The van der Waals surface area contributed by atoms with Crippen molar-refractivity contribution in [2.45, 2.75) is 52.4 Å². The smallest absolute Gasteiger partial charge is 0.234 e. The number of hydrogen-bond acceptors (Lipinski definition) is 5. The lowest BCUT2D eigenvalue weighted by atomic mass is 10.1. The highest BCUT2D eigenvalue weighted by Gasteiger charge is 2.19. The summed E-state index contributed by atoms with van der Waals surface area (Å²) in [6, 6.07) is 13.8. The van der Waals surface area contributed by atoms with Crippen LogP contribution in [-0.2, 0) is 11.3 Å². The molecule has 1 atom stereocenters. The van der Waals surface area contributed by atoms with Gasteiger partial charge in [0.25, 0.3) is 0 Å². The molecule has 0 spiro atoms. The van der Waals surface area contributed by atoms with Gasteiger partial charge in [-0.2, -0.15) is 0 Å². The Bertz CT molecular complexity index is 1010. The van der Waals surface area contributed by atoms with Crippen LogP contribution in [0.25, 0.3) is 0 Å². The van der Waals surface area contributed by atoms with Gasteiger partial charge in [0, 0.05) is 12.2 Å². The van der Waals surface area contributed by atoms with Crippen LogP contribution in [0.2, 0.25) is 0 Å². The van der Waals surface area contributed by atoms with Gasteiger partial charge in [-0.15, -0.1) is 10.2 Å². The molecule has 0 aliphatic carbocycles. The highest BCUT2D eigenvalue weighted by atomic mass is 32.2. The van der Waals surface area contributed by atoms with E-state index in [4.69, 9.17) is 4.74 Å². The van der Waals surface area contributed by atoms with E-state index in [2.05, 4.69) is 35.4 Å². The fourth-order valence-electron chi connectivity index (χ4n) is 3.01. The molecule has 0 saturated carbocycles. The summed E-state index contributed by atoms with van der Waals surface area (Å²) in [5, 5.41) is 12.2. The Kier molecular flexibility index (Phi) is 7.15. The Hall–Kier alpha value is -2.80. The normalized spacial score (nSPS) is 11.9. The van der Waals surface area contributed by atoms with Crippen LogP contribution < -0.4 is 10.1 Å². The van der Waals surface area contributed by atoms with Crippen LogP contribution in [0.1, 0.15) is 42.5 Å². The molecular weight excluding hydrogens is 396 g/mol. The van der Waals surface area contributed by atoms with E-state index in [1.54, 1.807) is 0 Å².